The molecule has 0 saturated heterocycles. The van der Waals surface area contributed by atoms with Gasteiger partial charge in [0.1, 0.15) is 11.9 Å². The standard InChI is InChI=1S/C57H41N3O/c1-57(2)47-32-53-45(38-17-7-10-20-49(38)58(53)34-14-4-3-5-15-34)30-42(47)43-31-46-39-18-8-12-22-51(39)60(54(46)33-48(43)57)35-25-27-52-44(28-35)37-16-6-11-21-50(37)59(52)36-24-26-41-40-19-9-13-23-55(40)61-56(41)29-36/h3-28,30-33,44,52,56H,29H2,1-2H3. The lowest BCUT2D eigenvalue weighted by atomic mass is 9.82. The summed E-state index contributed by atoms with van der Waals surface area (Å²) in [6.45, 7) is 4.83. The van der Waals surface area contributed by atoms with Crippen molar-refractivity contribution in [3.63, 3.8) is 0 Å². The van der Waals surface area contributed by atoms with Crippen LogP contribution in [0.25, 0.3) is 71.7 Å². The number of benzene rings is 7. The first-order valence-corrected chi connectivity index (χ1v) is 21.7. The minimum Gasteiger partial charge on any atom is -0.485 e. The van der Waals surface area contributed by atoms with Crippen LogP contribution < -0.4 is 9.64 Å². The van der Waals surface area contributed by atoms with E-state index in [9.17, 15) is 0 Å². The summed E-state index contributed by atoms with van der Waals surface area (Å²) < 4.78 is 11.5. The smallest absolute Gasteiger partial charge is 0.130 e. The van der Waals surface area contributed by atoms with E-state index < -0.39 is 0 Å². The first-order valence-electron chi connectivity index (χ1n) is 21.7. The molecule has 290 valence electrons. The van der Waals surface area contributed by atoms with E-state index >= 15 is 0 Å². The molecule has 4 heteroatoms. The average molecular weight is 784 g/mol. The molecule has 0 N–H and O–H groups in total. The van der Waals surface area contributed by atoms with Gasteiger partial charge in [0.25, 0.3) is 0 Å². The highest BCUT2D eigenvalue weighted by molar-refractivity contribution is 6.15. The van der Waals surface area contributed by atoms with Gasteiger partial charge in [0.05, 0.1) is 28.1 Å². The molecule has 14 rings (SSSR count). The summed E-state index contributed by atoms with van der Waals surface area (Å²) in [5.74, 6) is 1.19. The molecule has 0 radical (unpaired) electrons. The predicted molar refractivity (Wildman–Crippen MR) is 252 cm³/mol. The summed E-state index contributed by atoms with van der Waals surface area (Å²) >= 11 is 0. The normalized spacial score (nSPS) is 20.2. The summed E-state index contributed by atoms with van der Waals surface area (Å²) in [6, 6.07) is 56.3. The highest BCUT2D eigenvalue weighted by Gasteiger charge is 2.42. The van der Waals surface area contributed by atoms with Gasteiger partial charge in [-0.15, -0.1) is 0 Å². The van der Waals surface area contributed by atoms with Crippen LogP contribution in [0.2, 0.25) is 0 Å². The van der Waals surface area contributed by atoms with Crippen LogP contribution in [0.1, 0.15) is 48.4 Å². The van der Waals surface area contributed by atoms with Gasteiger partial charge in [0.15, 0.2) is 0 Å². The highest BCUT2D eigenvalue weighted by atomic mass is 16.5. The molecule has 4 nitrogen and oxygen atoms in total. The zero-order valence-electron chi connectivity index (χ0n) is 34.0. The number of aromatic nitrogens is 2. The number of nitrogens with zero attached hydrogens (tertiary/aromatic N) is 3. The third-order valence-corrected chi connectivity index (χ3v) is 14.5. The van der Waals surface area contributed by atoms with E-state index in [4.69, 9.17) is 4.74 Å². The Hall–Kier alpha value is -7.30. The maximum Gasteiger partial charge on any atom is 0.130 e. The Bertz CT molecular complexity index is 3530. The second-order valence-electron chi connectivity index (χ2n) is 18.0. The number of para-hydroxylation sites is 5. The van der Waals surface area contributed by atoms with Crippen molar-refractivity contribution < 1.29 is 4.74 Å². The lowest BCUT2D eigenvalue weighted by molar-refractivity contribution is 0.273. The minimum absolute atomic E-state index is 0.0385. The van der Waals surface area contributed by atoms with Crippen molar-refractivity contribution >= 4 is 60.6 Å². The van der Waals surface area contributed by atoms with Crippen molar-refractivity contribution in [2.75, 3.05) is 4.90 Å². The van der Waals surface area contributed by atoms with Gasteiger partial charge in [-0.05, 0) is 101 Å². The van der Waals surface area contributed by atoms with Crippen LogP contribution in [0.4, 0.5) is 5.69 Å². The predicted octanol–water partition coefficient (Wildman–Crippen LogP) is 13.7. The largest absolute Gasteiger partial charge is 0.485 e. The topological polar surface area (TPSA) is 22.3 Å². The molecule has 0 amide bonds. The Morgan fingerprint density at radius 3 is 1.98 bits per heavy atom. The van der Waals surface area contributed by atoms with Crippen LogP contribution in [-0.4, -0.2) is 21.3 Å². The first kappa shape index (κ1) is 33.5. The third-order valence-electron chi connectivity index (χ3n) is 14.5. The van der Waals surface area contributed by atoms with Crippen LogP contribution in [0.3, 0.4) is 0 Å². The molecule has 0 bridgehead atoms. The van der Waals surface area contributed by atoms with Crippen LogP contribution in [0.5, 0.6) is 5.75 Å². The fourth-order valence-corrected chi connectivity index (χ4v) is 11.8. The van der Waals surface area contributed by atoms with E-state index in [0.29, 0.717) is 0 Å². The molecule has 0 fully saturated rings. The van der Waals surface area contributed by atoms with E-state index in [0.717, 1.165) is 12.2 Å². The Kier molecular flexibility index (Phi) is 6.55. The lowest BCUT2D eigenvalue weighted by Crippen LogP contribution is -2.35. The Labute approximate surface area is 354 Å². The van der Waals surface area contributed by atoms with Gasteiger partial charge < -0.3 is 18.8 Å². The van der Waals surface area contributed by atoms with Crippen LogP contribution in [0.15, 0.2) is 188 Å². The maximum absolute atomic E-state index is 6.53. The molecule has 5 aliphatic rings. The summed E-state index contributed by atoms with van der Waals surface area (Å²) in [4.78, 5) is 2.58. The van der Waals surface area contributed by atoms with Gasteiger partial charge in [0, 0.05) is 73.2 Å². The fourth-order valence-electron chi connectivity index (χ4n) is 11.8. The summed E-state index contributed by atoms with van der Waals surface area (Å²) in [7, 11) is 0. The molecule has 61 heavy (non-hydrogen) atoms. The van der Waals surface area contributed by atoms with E-state index in [1.807, 2.05) is 0 Å². The summed E-state index contributed by atoms with van der Waals surface area (Å²) in [6.07, 6.45) is 12.9. The number of allylic oxidation sites excluding steroid dienone is 4. The molecule has 0 spiro atoms. The summed E-state index contributed by atoms with van der Waals surface area (Å²) in [5, 5.41) is 5.16. The van der Waals surface area contributed by atoms with Crippen molar-refractivity contribution in [2.45, 2.75) is 43.7 Å². The van der Waals surface area contributed by atoms with Crippen molar-refractivity contribution in [3.8, 4) is 22.6 Å². The molecule has 4 heterocycles. The quantitative estimate of drug-likeness (QED) is 0.178. The number of ether oxygens (including phenoxy) is 1. The van der Waals surface area contributed by atoms with Crippen molar-refractivity contribution in [1.82, 2.24) is 9.13 Å². The second kappa shape index (κ2) is 11.9. The van der Waals surface area contributed by atoms with E-state index in [-0.39, 0.29) is 23.5 Å². The van der Waals surface area contributed by atoms with Crippen LogP contribution >= 0.6 is 0 Å². The average Bonchev–Trinajstić information content (AvgIpc) is 4.07. The number of fused-ring (bicyclic) bond motifs is 15. The van der Waals surface area contributed by atoms with Gasteiger partial charge in [0.2, 0.25) is 0 Å². The molecule has 3 aliphatic carbocycles. The number of hydrogen-bond acceptors (Lipinski definition) is 2. The van der Waals surface area contributed by atoms with E-state index in [2.05, 4.69) is 210 Å². The molecule has 0 saturated carbocycles. The highest BCUT2D eigenvalue weighted by Crippen LogP contribution is 2.54. The van der Waals surface area contributed by atoms with Crippen LogP contribution in [-0.2, 0) is 5.41 Å². The van der Waals surface area contributed by atoms with Crippen molar-refractivity contribution in [3.05, 3.63) is 210 Å². The van der Waals surface area contributed by atoms with Crippen molar-refractivity contribution in [1.29, 1.82) is 0 Å². The molecule has 2 aromatic heterocycles. The zero-order chi connectivity index (χ0) is 40.1. The Morgan fingerprint density at radius 1 is 0.574 bits per heavy atom. The van der Waals surface area contributed by atoms with Crippen molar-refractivity contribution in [2.24, 2.45) is 0 Å². The molecule has 3 atom stereocenters. The number of anilines is 1. The first-order chi connectivity index (χ1) is 30.0. The minimum atomic E-state index is -0.203. The van der Waals surface area contributed by atoms with E-state index in [1.165, 1.54) is 105 Å². The summed E-state index contributed by atoms with van der Waals surface area (Å²) in [5.41, 5.74) is 19.1. The van der Waals surface area contributed by atoms with Crippen LogP contribution in [0, 0.1) is 0 Å². The molecule has 9 aromatic rings. The third kappa shape index (κ3) is 4.44. The van der Waals surface area contributed by atoms with Gasteiger partial charge in [-0.3, -0.25) is 0 Å². The Balaban J connectivity index is 0.913. The molecular formula is C57H41N3O. The van der Waals surface area contributed by atoms with Gasteiger partial charge in [-0.1, -0.05) is 123 Å². The number of rotatable bonds is 3. The maximum atomic E-state index is 6.53. The fraction of sp³-hybridized carbons (Fsp3) is 0.123. The second-order valence-corrected chi connectivity index (χ2v) is 18.0. The lowest BCUT2D eigenvalue weighted by Gasteiger charge is -2.34. The molecular weight excluding hydrogens is 743 g/mol. The zero-order valence-corrected chi connectivity index (χ0v) is 34.0. The molecule has 2 aliphatic heterocycles. The van der Waals surface area contributed by atoms with E-state index in [1.54, 1.807) is 0 Å². The van der Waals surface area contributed by atoms with Gasteiger partial charge >= 0.3 is 0 Å². The Morgan fingerprint density at radius 2 is 1.21 bits per heavy atom. The number of hydrogen-bond donors (Lipinski definition) is 0. The molecule has 3 unspecified atom stereocenters. The van der Waals surface area contributed by atoms with Gasteiger partial charge in [-0.2, -0.15) is 0 Å². The molecule has 7 aromatic carbocycles. The van der Waals surface area contributed by atoms with Gasteiger partial charge in [-0.25, -0.2) is 0 Å². The SMILES string of the molecule is CC1(C)c2cc3c(cc2-c2cc4c5ccccc5n(-c5ccccc5)c4cc21)c1ccccc1n3C1=CC2c3ccccc3N(C3=CC=C4c5ccccc5OC4C3)C2C=C1. The monoisotopic (exact) mass is 783 g/mol.